The van der Waals surface area contributed by atoms with Crippen molar-refractivity contribution in [3.05, 3.63) is 35.9 Å². The topological polar surface area (TPSA) is 17.1 Å². The molecular weight excluding hydrogens is 196 g/mol. The molecule has 0 heterocycles. The van der Waals surface area contributed by atoms with Crippen molar-refractivity contribution in [3.63, 3.8) is 0 Å². The fourth-order valence-corrected chi connectivity index (χ4v) is 2.09. The molecular formula is C15H16O. The van der Waals surface area contributed by atoms with Gasteiger partial charge in [0.15, 0.2) is 0 Å². The second-order valence-electron chi connectivity index (χ2n) is 4.39. The fourth-order valence-electron chi connectivity index (χ4n) is 2.09. The number of Topliss-reactive ketones (excluding diaryl/α,β-unsaturated/α-hetero) is 1. The van der Waals surface area contributed by atoms with Crippen LogP contribution in [0.3, 0.4) is 0 Å². The van der Waals surface area contributed by atoms with Gasteiger partial charge in [-0.25, -0.2) is 0 Å². The number of hydrogen-bond donors (Lipinski definition) is 0. The number of ketones is 1. The molecule has 1 fully saturated rings. The Morgan fingerprint density at radius 1 is 1.25 bits per heavy atom. The van der Waals surface area contributed by atoms with Gasteiger partial charge in [-0.2, -0.15) is 0 Å². The zero-order chi connectivity index (χ0) is 11.4. The normalized spacial score (nSPS) is 24.7. The molecule has 0 amide bonds. The highest BCUT2D eigenvalue weighted by molar-refractivity contribution is 5.82. The van der Waals surface area contributed by atoms with Crippen molar-refractivity contribution in [2.75, 3.05) is 0 Å². The molecule has 0 N–H and O–H groups in total. The van der Waals surface area contributed by atoms with Gasteiger partial charge < -0.3 is 0 Å². The van der Waals surface area contributed by atoms with Gasteiger partial charge in [0.25, 0.3) is 0 Å². The third-order valence-electron chi connectivity index (χ3n) is 3.23. The zero-order valence-electron chi connectivity index (χ0n) is 9.57. The van der Waals surface area contributed by atoms with Crippen LogP contribution in [-0.2, 0) is 4.79 Å². The van der Waals surface area contributed by atoms with Crippen LogP contribution in [0.15, 0.2) is 30.3 Å². The van der Waals surface area contributed by atoms with E-state index in [9.17, 15) is 4.79 Å². The Kier molecular flexibility index (Phi) is 3.41. The first-order valence-corrected chi connectivity index (χ1v) is 5.86. The van der Waals surface area contributed by atoms with Gasteiger partial charge >= 0.3 is 0 Å². The van der Waals surface area contributed by atoms with E-state index in [-0.39, 0.29) is 11.8 Å². The number of rotatable bonds is 0. The van der Waals surface area contributed by atoms with Crippen LogP contribution < -0.4 is 0 Å². The highest BCUT2D eigenvalue weighted by Gasteiger charge is 2.26. The van der Waals surface area contributed by atoms with Crippen LogP contribution in [0.25, 0.3) is 0 Å². The van der Waals surface area contributed by atoms with Gasteiger partial charge in [0.05, 0.1) is 0 Å². The second kappa shape index (κ2) is 4.99. The summed E-state index contributed by atoms with van der Waals surface area (Å²) in [7, 11) is 0. The van der Waals surface area contributed by atoms with Crippen molar-refractivity contribution >= 4 is 5.78 Å². The number of carbonyl (C=O) groups is 1. The van der Waals surface area contributed by atoms with Crippen LogP contribution in [0.5, 0.6) is 0 Å². The average molecular weight is 212 g/mol. The standard InChI is InChI=1S/C15H16O/c1-12-14(8-5-9-15(12)16)11-10-13-6-3-2-4-7-13/h2-4,6-7,12,14H,5,8-9H2,1H3/t12-,14+/m0/s1. The van der Waals surface area contributed by atoms with E-state index in [1.807, 2.05) is 37.3 Å². The van der Waals surface area contributed by atoms with Gasteiger partial charge in [-0.3, -0.25) is 4.79 Å². The van der Waals surface area contributed by atoms with Crippen molar-refractivity contribution in [1.82, 2.24) is 0 Å². The molecule has 1 nitrogen and oxygen atoms in total. The smallest absolute Gasteiger partial charge is 0.136 e. The van der Waals surface area contributed by atoms with Crippen LogP contribution in [0, 0.1) is 23.7 Å². The molecule has 0 aromatic heterocycles. The SMILES string of the molecule is C[C@@H]1C(=O)CCC[C@@H]1C#Cc1ccccc1. The number of benzene rings is 1. The molecule has 1 saturated carbocycles. The Labute approximate surface area is 96.9 Å². The van der Waals surface area contributed by atoms with Crippen molar-refractivity contribution < 1.29 is 4.79 Å². The first-order chi connectivity index (χ1) is 7.77. The van der Waals surface area contributed by atoms with Crippen LogP contribution in [0.4, 0.5) is 0 Å². The van der Waals surface area contributed by atoms with Crippen LogP contribution in [0.1, 0.15) is 31.7 Å². The lowest BCUT2D eigenvalue weighted by atomic mass is 9.80. The Balaban J connectivity index is 2.10. The van der Waals surface area contributed by atoms with E-state index in [0.29, 0.717) is 5.78 Å². The summed E-state index contributed by atoms with van der Waals surface area (Å²) in [5.41, 5.74) is 1.03. The maximum atomic E-state index is 11.5. The summed E-state index contributed by atoms with van der Waals surface area (Å²) in [5.74, 6) is 7.15. The van der Waals surface area contributed by atoms with Crippen LogP contribution in [-0.4, -0.2) is 5.78 Å². The quantitative estimate of drug-likeness (QED) is 0.604. The average Bonchev–Trinajstić information content (AvgIpc) is 2.32. The summed E-state index contributed by atoms with van der Waals surface area (Å²) in [6.07, 6.45) is 2.80. The number of hydrogen-bond acceptors (Lipinski definition) is 1. The van der Waals surface area contributed by atoms with Gasteiger partial charge in [0.2, 0.25) is 0 Å². The molecule has 2 rings (SSSR count). The minimum Gasteiger partial charge on any atom is -0.299 e. The predicted octanol–water partition coefficient (Wildman–Crippen LogP) is 3.04. The maximum Gasteiger partial charge on any atom is 0.136 e. The third kappa shape index (κ3) is 2.52. The summed E-state index contributed by atoms with van der Waals surface area (Å²) in [5, 5.41) is 0. The van der Waals surface area contributed by atoms with Gasteiger partial charge in [0.1, 0.15) is 5.78 Å². The lowest BCUT2D eigenvalue weighted by molar-refractivity contribution is -0.125. The van der Waals surface area contributed by atoms with Crippen molar-refractivity contribution in [2.24, 2.45) is 11.8 Å². The molecule has 1 aliphatic carbocycles. The molecule has 0 saturated heterocycles. The molecule has 16 heavy (non-hydrogen) atoms. The molecule has 2 atom stereocenters. The predicted molar refractivity (Wildman–Crippen MR) is 64.8 cm³/mol. The second-order valence-corrected chi connectivity index (χ2v) is 4.39. The highest BCUT2D eigenvalue weighted by atomic mass is 16.1. The Morgan fingerprint density at radius 3 is 2.75 bits per heavy atom. The lowest BCUT2D eigenvalue weighted by Crippen LogP contribution is -2.24. The highest BCUT2D eigenvalue weighted by Crippen LogP contribution is 2.26. The molecule has 82 valence electrons. The van der Waals surface area contributed by atoms with E-state index in [0.717, 1.165) is 24.8 Å². The lowest BCUT2D eigenvalue weighted by Gasteiger charge is -2.22. The minimum atomic E-state index is 0.116. The summed E-state index contributed by atoms with van der Waals surface area (Å²) in [6, 6.07) is 9.96. The van der Waals surface area contributed by atoms with Crippen LogP contribution in [0.2, 0.25) is 0 Å². The minimum absolute atomic E-state index is 0.116. The Bertz CT molecular complexity index is 422. The number of carbonyl (C=O) groups excluding carboxylic acids is 1. The van der Waals surface area contributed by atoms with Gasteiger partial charge in [-0.05, 0) is 25.0 Å². The third-order valence-corrected chi connectivity index (χ3v) is 3.23. The molecule has 1 aliphatic rings. The van der Waals surface area contributed by atoms with Crippen molar-refractivity contribution in [1.29, 1.82) is 0 Å². The molecule has 1 aromatic carbocycles. The summed E-state index contributed by atoms with van der Waals surface area (Å²) < 4.78 is 0. The summed E-state index contributed by atoms with van der Waals surface area (Å²) in [4.78, 5) is 11.5. The first-order valence-electron chi connectivity index (χ1n) is 5.86. The van der Waals surface area contributed by atoms with Crippen molar-refractivity contribution in [3.8, 4) is 11.8 Å². The molecule has 0 radical (unpaired) electrons. The largest absolute Gasteiger partial charge is 0.299 e. The first kappa shape index (κ1) is 11.0. The van der Waals surface area contributed by atoms with E-state index in [1.165, 1.54) is 0 Å². The van der Waals surface area contributed by atoms with E-state index in [1.54, 1.807) is 0 Å². The molecule has 0 spiro atoms. The van der Waals surface area contributed by atoms with Crippen LogP contribution >= 0.6 is 0 Å². The van der Waals surface area contributed by atoms with E-state index in [2.05, 4.69) is 11.8 Å². The monoisotopic (exact) mass is 212 g/mol. The summed E-state index contributed by atoms with van der Waals surface area (Å²) in [6.45, 7) is 2.01. The van der Waals surface area contributed by atoms with Gasteiger partial charge in [-0.1, -0.05) is 37.0 Å². The maximum absolute atomic E-state index is 11.5. The van der Waals surface area contributed by atoms with E-state index in [4.69, 9.17) is 0 Å². The Morgan fingerprint density at radius 2 is 2.00 bits per heavy atom. The summed E-state index contributed by atoms with van der Waals surface area (Å²) >= 11 is 0. The van der Waals surface area contributed by atoms with Crippen molar-refractivity contribution in [2.45, 2.75) is 26.2 Å². The molecule has 0 bridgehead atoms. The molecule has 1 aromatic rings. The molecule has 1 heteroatoms. The van der Waals surface area contributed by atoms with Gasteiger partial charge in [0, 0.05) is 23.8 Å². The fraction of sp³-hybridized carbons (Fsp3) is 0.400. The van der Waals surface area contributed by atoms with E-state index < -0.39 is 0 Å². The Hall–Kier alpha value is -1.55. The molecule has 0 unspecified atom stereocenters. The molecule has 0 aliphatic heterocycles. The zero-order valence-corrected chi connectivity index (χ0v) is 9.57. The van der Waals surface area contributed by atoms with E-state index >= 15 is 0 Å². The van der Waals surface area contributed by atoms with Gasteiger partial charge in [-0.15, -0.1) is 0 Å².